The lowest BCUT2D eigenvalue weighted by molar-refractivity contribution is -0.127. The highest BCUT2D eigenvalue weighted by molar-refractivity contribution is 7.80. The number of rotatable bonds is 4. The van der Waals surface area contributed by atoms with Gasteiger partial charge in [-0.3, -0.25) is 15.6 Å². The SMILES string of the molecule is Cc1cccc(NC(=S)NNC(=O)[C@H](C)Oc2cccc(C)c2C)c1. The Morgan fingerprint density at radius 2 is 1.80 bits per heavy atom. The van der Waals surface area contributed by atoms with Crippen molar-refractivity contribution in [3.8, 4) is 5.75 Å². The Labute approximate surface area is 153 Å². The van der Waals surface area contributed by atoms with Gasteiger partial charge in [-0.1, -0.05) is 24.3 Å². The standard InChI is InChI=1S/C19H23N3O2S/c1-12-7-5-9-16(11-12)20-19(25)22-21-18(23)15(4)24-17-10-6-8-13(2)14(17)3/h5-11,15H,1-4H3,(H,21,23)(H2,20,22,25)/t15-/m0/s1. The van der Waals surface area contributed by atoms with Crippen LogP contribution in [-0.2, 0) is 4.79 Å². The lowest BCUT2D eigenvalue weighted by atomic mass is 10.1. The van der Waals surface area contributed by atoms with E-state index in [1.807, 2.05) is 63.2 Å². The van der Waals surface area contributed by atoms with Crippen LogP contribution < -0.4 is 20.9 Å². The van der Waals surface area contributed by atoms with E-state index < -0.39 is 6.10 Å². The van der Waals surface area contributed by atoms with Crippen molar-refractivity contribution >= 4 is 28.9 Å². The summed E-state index contributed by atoms with van der Waals surface area (Å²) >= 11 is 5.17. The molecule has 25 heavy (non-hydrogen) atoms. The number of carbonyl (C=O) groups excluding carboxylic acids is 1. The summed E-state index contributed by atoms with van der Waals surface area (Å²) in [6.45, 7) is 7.66. The van der Waals surface area contributed by atoms with Gasteiger partial charge in [0.1, 0.15) is 5.75 Å². The summed E-state index contributed by atoms with van der Waals surface area (Å²) in [5.41, 5.74) is 9.35. The van der Waals surface area contributed by atoms with Crippen LogP contribution in [0.2, 0.25) is 0 Å². The molecule has 0 aliphatic heterocycles. The average Bonchev–Trinajstić information content (AvgIpc) is 2.56. The van der Waals surface area contributed by atoms with Gasteiger partial charge >= 0.3 is 0 Å². The quantitative estimate of drug-likeness (QED) is 0.578. The molecule has 0 heterocycles. The number of hydrogen-bond acceptors (Lipinski definition) is 3. The Morgan fingerprint density at radius 1 is 1.08 bits per heavy atom. The molecule has 0 radical (unpaired) electrons. The summed E-state index contributed by atoms with van der Waals surface area (Å²) in [5, 5.41) is 3.31. The minimum Gasteiger partial charge on any atom is -0.481 e. The molecule has 5 nitrogen and oxygen atoms in total. The molecule has 0 spiro atoms. The average molecular weight is 357 g/mol. The van der Waals surface area contributed by atoms with Gasteiger partial charge < -0.3 is 10.1 Å². The number of thiocarbonyl (C=S) groups is 1. The molecule has 0 saturated carbocycles. The number of hydrogen-bond donors (Lipinski definition) is 3. The summed E-state index contributed by atoms with van der Waals surface area (Å²) in [4.78, 5) is 12.2. The summed E-state index contributed by atoms with van der Waals surface area (Å²) in [7, 11) is 0. The number of benzene rings is 2. The van der Waals surface area contributed by atoms with Crippen molar-refractivity contribution in [2.45, 2.75) is 33.8 Å². The van der Waals surface area contributed by atoms with Crippen LogP contribution in [0, 0.1) is 20.8 Å². The zero-order valence-corrected chi connectivity index (χ0v) is 15.7. The summed E-state index contributed by atoms with van der Waals surface area (Å²) < 4.78 is 5.74. The molecule has 1 atom stereocenters. The lowest BCUT2D eigenvalue weighted by Gasteiger charge is -2.18. The van der Waals surface area contributed by atoms with Gasteiger partial charge in [-0.25, -0.2) is 0 Å². The van der Waals surface area contributed by atoms with Gasteiger partial charge in [0.15, 0.2) is 11.2 Å². The Bertz CT molecular complexity index is 777. The maximum absolute atomic E-state index is 12.2. The third-order valence-electron chi connectivity index (χ3n) is 3.80. The van der Waals surface area contributed by atoms with Crippen molar-refractivity contribution in [2.75, 3.05) is 5.32 Å². The highest BCUT2D eigenvalue weighted by atomic mass is 32.1. The zero-order chi connectivity index (χ0) is 18.4. The maximum atomic E-state index is 12.2. The second-order valence-corrected chi connectivity index (χ2v) is 6.30. The molecule has 2 aromatic rings. The number of nitrogens with one attached hydrogen (secondary N) is 3. The van der Waals surface area contributed by atoms with Gasteiger partial charge in [0, 0.05) is 5.69 Å². The molecule has 2 aromatic carbocycles. The molecule has 2 rings (SSSR count). The first-order valence-corrected chi connectivity index (χ1v) is 8.44. The topological polar surface area (TPSA) is 62.4 Å². The minimum absolute atomic E-state index is 0.304. The van der Waals surface area contributed by atoms with Gasteiger partial charge in [-0.2, -0.15) is 0 Å². The normalized spacial score (nSPS) is 11.4. The van der Waals surface area contributed by atoms with Crippen molar-refractivity contribution in [3.63, 3.8) is 0 Å². The summed E-state index contributed by atoms with van der Waals surface area (Å²) in [6, 6.07) is 13.5. The molecule has 132 valence electrons. The minimum atomic E-state index is -0.658. The first kappa shape index (κ1) is 18.7. The molecule has 0 bridgehead atoms. The summed E-state index contributed by atoms with van der Waals surface area (Å²) in [6.07, 6.45) is -0.658. The number of aryl methyl sites for hydroxylation is 2. The smallest absolute Gasteiger partial charge is 0.279 e. The lowest BCUT2D eigenvalue weighted by Crippen LogP contribution is -2.48. The number of amides is 1. The molecule has 0 aromatic heterocycles. The van der Waals surface area contributed by atoms with Crippen molar-refractivity contribution in [2.24, 2.45) is 0 Å². The molecular formula is C19H23N3O2S. The molecule has 0 aliphatic rings. The van der Waals surface area contributed by atoms with Crippen LogP contribution in [0.4, 0.5) is 5.69 Å². The molecular weight excluding hydrogens is 334 g/mol. The number of hydrazine groups is 1. The molecule has 0 aliphatic carbocycles. The van der Waals surface area contributed by atoms with Gasteiger partial charge in [-0.05, 0) is 74.8 Å². The predicted molar refractivity (Wildman–Crippen MR) is 105 cm³/mol. The van der Waals surface area contributed by atoms with E-state index in [4.69, 9.17) is 17.0 Å². The van der Waals surface area contributed by atoms with E-state index in [1.165, 1.54) is 0 Å². The second-order valence-electron chi connectivity index (χ2n) is 5.90. The number of carbonyl (C=O) groups is 1. The second kappa shape index (κ2) is 8.48. The Balaban J connectivity index is 1.84. The van der Waals surface area contributed by atoms with Gasteiger partial charge in [0.25, 0.3) is 5.91 Å². The van der Waals surface area contributed by atoms with E-state index in [-0.39, 0.29) is 5.91 Å². The van der Waals surface area contributed by atoms with Crippen LogP contribution in [-0.4, -0.2) is 17.1 Å². The monoisotopic (exact) mass is 357 g/mol. The number of anilines is 1. The predicted octanol–water partition coefficient (Wildman–Crippen LogP) is 3.40. The van der Waals surface area contributed by atoms with Crippen molar-refractivity contribution in [3.05, 3.63) is 59.2 Å². The van der Waals surface area contributed by atoms with Gasteiger partial charge in [0.05, 0.1) is 0 Å². The highest BCUT2D eigenvalue weighted by Gasteiger charge is 2.16. The van der Waals surface area contributed by atoms with E-state index in [2.05, 4.69) is 16.2 Å². The van der Waals surface area contributed by atoms with E-state index in [0.717, 1.165) is 22.4 Å². The van der Waals surface area contributed by atoms with Crippen LogP contribution in [0.25, 0.3) is 0 Å². The first-order chi connectivity index (χ1) is 11.9. The fraction of sp³-hybridized carbons (Fsp3) is 0.263. The van der Waals surface area contributed by atoms with Gasteiger partial charge in [0.2, 0.25) is 0 Å². The highest BCUT2D eigenvalue weighted by Crippen LogP contribution is 2.21. The van der Waals surface area contributed by atoms with Crippen LogP contribution in [0.3, 0.4) is 0 Å². The van der Waals surface area contributed by atoms with Crippen LogP contribution in [0.15, 0.2) is 42.5 Å². The van der Waals surface area contributed by atoms with Crippen LogP contribution in [0.1, 0.15) is 23.6 Å². The molecule has 0 fully saturated rings. The number of ether oxygens (including phenoxy) is 1. The van der Waals surface area contributed by atoms with Crippen molar-refractivity contribution < 1.29 is 9.53 Å². The first-order valence-electron chi connectivity index (χ1n) is 8.03. The van der Waals surface area contributed by atoms with Crippen molar-refractivity contribution in [1.82, 2.24) is 10.9 Å². The molecule has 3 N–H and O–H groups in total. The molecule has 1 amide bonds. The summed E-state index contributed by atoms with van der Waals surface area (Å²) in [5.74, 6) is 0.386. The fourth-order valence-electron chi connectivity index (χ4n) is 2.20. The third-order valence-corrected chi connectivity index (χ3v) is 4.01. The molecule has 0 unspecified atom stereocenters. The van der Waals surface area contributed by atoms with E-state index in [1.54, 1.807) is 6.92 Å². The van der Waals surface area contributed by atoms with E-state index >= 15 is 0 Å². The maximum Gasteiger partial charge on any atom is 0.279 e. The van der Waals surface area contributed by atoms with Crippen LogP contribution >= 0.6 is 12.2 Å². The van der Waals surface area contributed by atoms with Gasteiger partial charge in [-0.15, -0.1) is 0 Å². The van der Waals surface area contributed by atoms with E-state index in [0.29, 0.717) is 10.9 Å². The third kappa shape index (κ3) is 5.46. The Hall–Kier alpha value is -2.60. The Kier molecular flexibility index (Phi) is 6.36. The zero-order valence-electron chi connectivity index (χ0n) is 14.8. The largest absolute Gasteiger partial charge is 0.481 e. The molecule has 6 heteroatoms. The molecule has 0 saturated heterocycles. The van der Waals surface area contributed by atoms with E-state index in [9.17, 15) is 4.79 Å². The van der Waals surface area contributed by atoms with Crippen molar-refractivity contribution in [1.29, 1.82) is 0 Å². The Morgan fingerprint density at radius 3 is 2.52 bits per heavy atom. The van der Waals surface area contributed by atoms with Crippen LogP contribution in [0.5, 0.6) is 5.75 Å². The fourth-order valence-corrected chi connectivity index (χ4v) is 2.37.